The molecule has 1 heterocycles. The van der Waals surface area contributed by atoms with E-state index < -0.39 is 0 Å². The summed E-state index contributed by atoms with van der Waals surface area (Å²) in [6, 6.07) is 13.9. The van der Waals surface area contributed by atoms with Crippen LogP contribution in [0.5, 0.6) is 5.75 Å². The fourth-order valence-corrected chi connectivity index (χ4v) is 5.42. The van der Waals surface area contributed by atoms with Gasteiger partial charge < -0.3 is 4.74 Å². The first-order chi connectivity index (χ1) is 12.5. The molecule has 1 fully saturated rings. The molecule has 134 valence electrons. The van der Waals surface area contributed by atoms with Gasteiger partial charge in [0.25, 0.3) is 11.1 Å². The summed E-state index contributed by atoms with van der Waals surface area (Å²) in [4.78, 5) is 26.0. The normalized spacial score (nSPS) is 15.8. The monoisotopic (exact) mass is 591 g/mol. The predicted molar refractivity (Wildman–Crippen MR) is 121 cm³/mol. The van der Waals surface area contributed by atoms with E-state index >= 15 is 0 Å². The number of rotatable bonds is 5. The molecule has 4 nitrogen and oxygen atoms in total. The highest BCUT2D eigenvalue weighted by Gasteiger charge is 2.34. The number of thioether (sulfide) groups is 1. The Morgan fingerprint density at radius 3 is 2.54 bits per heavy atom. The molecule has 7 heteroatoms. The van der Waals surface area contributed by atoms with Crippen molar-refractivity contribution >= 4 is 74.2 Å². The summed E-state index contributed by atoms with van der Waals surface area (Å²) in [7, 11) is 0. The molecule has 0 saturated carbocycles. The van der Waals surface area contributed by atoms with Crippen LogP contribution in [0.1, 0.15) is 18.1 Å². The molecule has 1 aliphatic heterocycles. The van der Waals surface area contributed by atoms with Gasteiger partial charge in [-0.1, -0.05) is 30.3 Å². The maximum atomic E-state index is 12.4. The molecule has 0 unspecified atom stereocenters. The molecule has 0 aromatic heterocycles. The number of benzene rings is 2. The highest BCUT2D eigenvalue weighted by Crippen LogP contribution is 2.36. The fourth-order valence-electron chi connectivity index (χ4n) is 2.48. The summed E-state index contributed by atoms with van der Waals surface area (Å²) < 4.78 is 8.07. The lowest BCUT2D eigenvalue weighted by Gasteiger charge is -2.13. The van der Waals surface area contributed by atoms with Crippen LogP contribution in [0.25, 0.3) is 6.08 Å². The number of nitrogens with zero attached hydrogens (tertiary/aromatic N) is 1. The van der Waals surface area contributed by atoms with Gasteiger partial charge in [-0.3, -0.25) is 14.5 Å². The van der Waals surface area contributed by atoms with Gasteiger partial charge in [0.15, 0.2) is 0 Å². The van der Waals surface area contributed by atoms with Crippen LogP contribution in [0.15, 0.2) is 47.4 Å². The molecule has 2 aromatic rings. The smallest absolute Gasteiger partial charge is 0.293 e. The number of imide groups is 1. The van der Waals surface area contributed by atoms with Gasteiger partial charge in [-0.05, 0) is 87.6 Å². The van der Waals surface area contributed by atoms with Gasteiger partial charge in [-0.2, -0.15) is 0 Å². The first-order valence-electron chi connectivity index (χ1n) is 7.90. The number of ether oxygens (including phenoxy) is 1. The van der Waals surface area contributed by atoms with E-state index in [2.05, 4.69) is 45.2 Å². The van der Waals surface area contributed by atoms with Crippen molar-refractivity contribution in [3.8, 4) is 5.75 Å². The van der Waals surface area contributed by atoms with E-state index in [1.54, 1.807) is 13.0 Å². The molecule has 0 N–H and O–H groups in total. The number of hydrogen-bond acceptors (Lipinski definition) is 4. The maximum Gasteiger partial charge on any atom is 0.293 e. The van der Waals surface area contributed by atoms with Crippen molar-refractivity contribution in [1.29, 1.82) is 0 Å². The Hall–Kier alpha value is -1.07. The standard InChI is InChI=1S/C19H15I2NO3S/c1-2-22-18(23)16(26-19(22)24)9-13-8-14(20)10-15(21)17(13)25-11-12-6-4-3-5-7-12/h3-10H,2,11H2,1H3/b16-9+. The molecule has 1 aliphatic rings. The third-order valence-corrected chi connectivity index (χ3v) is 6.07. The molecular weight excluding hydrogens is 576 g/mol. The minimum absolute atomic E-state index is 0.226. The average Bonchev–Trinajstić information content (AvgIpc) is 2.88. The Bertz CT molecular complexity index is 884. The third kappa shape index (κ3) is 4.42. The van der Waals surface area contributed by atoms with Gasteiger partial charge in [0.1, 0.15) is 12.4 Å². The van der Waals surface area contributed by atoms with Gasteiger partial charge in [0.2, 0.25) is 0 Å². The van der Waals surface area contributed by atoms with E-state index in [4.69, 9.17) is 4.74 Å². The summed E-state index contributed by atoms with van der Waals surface area (Å²) in [5.41, 5.74) is 1.87. The molecule has 3 rings (SSSR count). The van der Waals surface area contributed by atoms with Crippen LogP contribution >= 0.6 is 56.9 Å². The lowest BCUT2D eigenvalue weighted by atomic mass is 10.1. The SMILES string of the molecule is CCN1C(=O)S/C(=C/c2cc(I)cc(I)c2OCc2ccccc2)C1=O. The van der Waals surface area contributed by atoms with Crippen molar-refractivity contribution in [3.63, 3.8) is 0 Å². The van der Waals surface area contributed by atoms with Crippen LogP contribution in [0.2, 0.25) is 0 Å². The topological polar surface area (TPSA) is 46.6 Å². The van der Waals surface area contributed by atoms with E-state index in [0.717, 1.165) is 35.8 Å². The van der Waals surface area contributed by atoms with Crippen molar-refractivity contribution in [2.24, 2.45) is 0 Å². The number of hydrogen-bond donors (Lipinski definition) is 0. The van der Waals surface area contributed by atoms with Crippen LogP contribution in [-0.2, 0) is 11.4 Å². The Morgan fingerprint density at radius 2 is 1.88 bits per heavy atom. The fraction of sp³-hybridized carbons (Fsp3) is 0.158. The number of likely N-dealkylation sites (N-methyl/N-ethyl adjacent to an activating group) is 1. The molecule has 0 aliphatic carbocycles. The average molecular weight is 591 g/mol. The zero-order valence-electron chi connectivity index (χ0n) is 13.9. The van der Waals surface area contributed by atoms with Gasteiger partial charge >= 0.3 is 0 Å². The number of amides is 2. The third-order valence-electron chi connectivity index (χ3n) is 3.74. The summed E-state index contributed by atoms with van der Waals surface area (Å²) in [5, 5.41) is -0.226. The zero-order valence-corrected chi connectivity index (χ0v) is 19.0. The Morgan fingerprint density at radius 1 is 1.15 bits per heavy atom. The van der Waals surface area contributed by atoms with Crippen molar-refractivity contribution in [1.82, 2.24) is 4.90 Å². The second kappa shape index (κ2) is 8.75. The number of carbonyl (C=O) groups excluding carboxylic acids is 2. The number of carbonyl (C=O) groups is 2. The van der Waals surface area contributed by atoms with Crippen LogP contribution < -0.4 is 4.74 Å². The molecule has 0 spiro atoms. The van der Waals surface area contributed by atoms with Crippen molar-refractivity contribution in [3.05, 3.63) is 65.6 Å². The molecule has 26 heavy (non-hydrogen) atoms. The van der Waals surface area contributed by atoms with Gasteiger partial charge in [0, 0.05) is 15.7 Å². The molecule has 0 atom stereocenters. The van der Waals surface area contributed by atoms with Gasteiger partial charge in [-0.15, -0.1) is 0 Å². The summed E-state index contributed by atoms with van der Waals surface area (Å²) >= 11 is 5.44. The Kier molecular flexibility index (Phi) is 6.62. The second-order valence-electron chi connectivity index (χ2n) is 5.51. The Balaban J connectivity index is 1.93. The zero-order chi connectivity index (χ0) is 18.7. The Labute approximate surface area is 183 Å². The van der Waals surface area contributed by atoms with E-state index in [0.29, 0.717) is 18.1 Å². The molecule has 1 saturated heterocycles. The van der Waals surface area contributed by atoms with Crippen LogP contribution in [0, 0.1) is 7.14 Å². The van der Waals surface area contributed by atoms with Crippen LogP contribution in [0.3, 0.4) is 0 Å². The van der Waals surface area contributed by atoms with Crippen molar-refractivity contribution in [2.45, 2.75) is 13.5 Å². The number of halogens is 2. The van der Waals surface area contributed by atoms with Crippen molar-refractivity contribution in [2.75, 3.05) is 6.54 Å². The lowest BCUT2D eigenvalue weighted by molar-refractivity contribution is -0.122. The summed E-state index contributed by atoms with van der Waals surface area (Å²) in [6.07, 6.45) is 1.76. The quantitative estimate of drug-likeness (QED) is 0.339. The lowest BCUT2D eigenvalue weighted by Crippen LogP contribution is -2.27. The largest absolute Gasteiger partial charge is 0.487 e. The minimum Gasteiger partial charge on any atom is -0.487 e. The highest BCUT2D eigenvalue weighted by molar-refractivity contribution is 14.1. The molecule has 2 amide bonds. The second-order valence-corrected chi connectivity index (χ2v) is 8.91. The van der Waals surface area contributed by atoms with E-state index in [9.17, 15) is 9.59 Å². The maximum absolute atomic E-state index is 12.4. The molecule has 2 aromatic carbocycles. The van der Waals surface area contributed by atoms with Gasteiger partial charge in [0.05, 0.1) is 8.48 Å². The van der Waals surface area contributed by atoms with Crippen molar-refractivity contribution < 1.29 is 14.3 Å². The van der Waals surface area contributed by atoms with E-state index in [1.807, 2.05) is 42.5 Å². The summed E-state index contributed by atoms with van der Waals surface area (Å²) in [6.45, 7) is 2.61. The molecular formula is C19H15I2NO3S. The van der Waals surface area contributed by atoms with Gasteiger partial charge in [-0.25, -0.2) is 0 Å². The first kappa shape index (κ1) is 19.7. The van der Waals surface area contributed by atoms with E-state index in [-0.39, 0.29) is 11.1 Å². The summed E-state index contributed by atoms with van der Waals surface area (Å²) in [5.74, 6) is 0.476. The predicted octanol–water partition coefficient (Wildman–Crippen LogP) is 5.53. The van der Waals surface area contributed by atoms with Crippen LogP contribution in [-0.4, -0.2) is 22.6 Å². The van der Waals surface area contributed by atoms with E-state index in [1.165, 1.54) is 4.90 Å². The minimum atomic E-state index is -0.245. The highest BCUT2D eigenvalue weighted by atomic mass is 127. The first-order valence-corrected chi connectivity index (χ1v) is 10.9. The van der Waals surface area contributed by atoms with Crippen LogP contribution in [0.4, 0.5) is 4.79 Å². The molecule has 0 bridgehead atoms. The molecule has 0 radical (unpaired) electrons.